The first kappa shape index (κ1) is 11.3. The van der Waals surface area contributed by atoms with E-state index in [1.54, 1.807) is 30.3 Å². The van der Waals surface area contributed by atoms with Crippen LogP contribution in [0.4, 0.5) is 8.78 Å². The van der Waals surface area contributed by atoms with Gasteiger partial charge >= 0.3 is 5.97 Å². The quantitative estimate of drug-likeness (QED) is 0.888. The molecule has 17 heavy (non-hydrogen) atoms. The van der Waals surface area contributed by atoms with Gasteiger partial charge in [-0.2, -0.15) is 0 Å². The Morgan fingerprint density at radius 2 is 1.88 bits per heavy atom. The van der Waals surface area contributed by atoms with Gasteiger partial charge in [-0.15, -0.1) is 0 Å². The fraction of sp³-hybridized carbons (Fsp3) is 0.0833. The minimum Gasteiger partial charge on any atom is -0.478 e. The van der Waals surface area contributed by atoms with Crippen molar-refractivity contribution in [3.8, 4) is 11.1 Å². The molecule has 5 heteroatoms. The van der Waals surface area contributed by atoms with Crippen molar-refractivity contribution in [3.05, 3.63) is 47.9 Å². The first-order valence-electron chi connectivity index (χ1n) is 4.79. The summed E-state index contributed by atoms with van der Waals surface area (Å²) in [4.78, 5) is 11.0. The Labute approximate surface area is 95.3 Å². The van der Waals surface area contributed by atoms with E-state index in [1.807, 2.05) is 0 Å². The van der Waals surface area contributed by atoms with Crippen molar-refractivity contribution in [2.24, 2.45) is 0 Å². The van der Waals surface area contributed by atoms with Crippen molar-refractivity contribution in [3.63, 3.8) is 0 Å². The summed E-state index contributed by atoms with van der Waals surface area (Å²) in [5.41, 5.74) is 0.208. The molecule has 0 saturated heterocycles. The van der Waals surface area contributed by atoms with E-state index >= 15 is 0 Å². The van der Waals surface area contributed by atoms with Gasteiger partial charge in [-0.1, -0.05) is 30.3 Å². The molecular formula is C12H8F2O3. The van der Waals surface area contributed by atoms with Gasteiger partial charge < -0.3 is 9.52 Å². The van der Waals surface area contributed by atoms with E-state index in [1.165, 1.54) is 0 Å². The first-order chi connectivity index (χ1) is 8.11. The van der Waals surface area contributed by atoms with Crippen molar-refractivity contribution in [1.82, 2.24) is 0 Å². The second-order valence-electron chi connectivity index (χ2n) is 3.36. The van der Waals surface area contributed by atoms with Crippen LogP contribution in [0.25, 0.3) is 11.1 Å². The lowest BCUT2D eigenvalue weighted by Crippen LogP contribution is -2.01. The molecule has 0 amide bonds. The van der Waals surface area contributed by atoms with Crippen molar-refractivity contribution < 1.29 is 23.1 Å². The SMILES string of the molecule is O=C(O)c1c(-c2ccccc2)coc1C(F)F. The summed E-state index contributed by atoms with van der Waals surface area (Å²) in [6.07, 6.45) is -1.90. The third kappa shape index (κ3) is 2.04. The van der Waals surface area contributed by atoms with E-state index in [4.69, 9.17) is 5.11 Å². The molecule has 0 radical (unpaired) electrons. The molecule has 88 valence electrons. The highest BCUT2D eigenvalue weighted by atomic mass is 19.3. The van der Waals surface area contributed by atoms with E-state index in [0.29, 0.717) is 5.56 Å². The fourth-order valence-corrected chi connectivity index (χ4v) is 1.58. The number of hydrogen-bond acceptors (Lipinski definition) is 2. The zero-order valence-corrected chi connectivity index (χ0v) is 8.56. The monoisotopic (exact) mass is 238 g/mol. The van der Waals surface area contributed by atoms with Crippen LogP contribution in [0.15, 0.2) is 41.0 Å². The number of aromatic carboxylic acids is 1. The number of halogens is 2. The van der Waals surface area contributed by atoms with Gasteiger partial charge in [0, 0.05) is 5.56 Å². The lowest BCUT2D eigenvalue weighted by molar-refractivity contribution is 0.0674. The van der Waals surface area contributed by atoms with E-state index in [2.05, 4.69) is 4.42 Å². The van der Waals surface area contributed by atoms with E-state index in [0.717, 1.165) is 6.26 Å². The molecule has 1 aromatic heterocycles. The second kappa shape index (κ2) is 4.37. The summed E-state index contributed by atoms with van der Waals surface area (Å²) < 4.78 is 29.8. The standard InChI is InChI=1S/C12H8F2O3/c13-11(14)10-9(12(15)16)8(6-17-10)7-4-2-1-3-5-7/h1-6,11H,(H,15,16). The van der Waals surface area contributed by atoms with Gasteiger partial charge in [0.25, 0.3) is 6.43 Å². The van der Waals surface area contributed by atoms with Crippen LogP contribution in [0.1, 0.15) is 22.5 Å². The third-order valence-electron chi connectivity index (χ3n) is 2.32. The van der Waals surface area contributed by atoms with Crippen LogP contribution < -0.4 is 0 Å². The Kier molecular flexibility index (Phi) is 2.91. The Hall–Kier alpha value is -2.17. The highest BCUT2D eigenvalue weighted by molar-refractivity contribution is 5.97. The highest BCUT2D eigenvalue weighted by Crippen LogP contribution is 2.33. The number of benzene rings is 1. The van der Waals surface area contributed by atoms with Crippen molar-refractivity contribution >= 4 is 5.97 Å². The Bertz CT molecular complexity index is 532. The molecule has 0 bridgehead atoms. The molecule has 0 unspecified atom stereocenters. The average molecular weight is 238 g/mol. The number of alkyl halides is 2. The maximum Gasteiger partial charge on any atom is 0.340 e. The fourth-order valence-electron chi connectivity index (χ4n) is 1.58. The maximum atomic E-state index is 12.6. The lowest BCUT2D eigenvalue weighted by atomic mass is 10.0. The van der Waals surface area contributed by atoms with Crippen LogP contribution in [-0.2, 0) is 0 Å². The average Bonchev–Trinajstić information content (AvgIpc) is 2.74. The first-order valence-corrected chi connectivity index (χ1v) is 4.79. The van der Waals surface area contributed by atoms with Crippen LogP contribution in [0.5, 0.6) is 0 Å². The van der Waals surface area contributed by atoms with Crippen molar-refractivity contribution in [2.45, 2.75) is 6.43 Å². The molecule has 0 fully saturated rings. The molecule has 0 aliphatic carbocycles. The number of carboxylic acids is 1. The van der Waals surface area contributed by atoms with E-state index in [-0.39, 0.29) is 5.56 Å². The van der Waals surface area contributed by atoms with Crippen molar-refractivity contribution in [2.75, 3.05) is 0 Å². The molecule has 0 spiro atoms. The van der Waals surface area contributed by atoms with Crippen molar-refractivity contribution in [1.29, 1.82) is 0 Å². The third-order valence-corrected chi connectivity index (χ3v) is 2.32. The summed E-state index contributed by atoms with van der Waals surface area (Å²) >= 11 is 0. The Balaban J connectivity index is 2.60. The maximum absolute atomic E-state index is 12.6. The van der Waals surface area contributed by atoms with Crippen LogP contribution in [-0.4, -0.2) is 11.1 Å². The number of hydrogen-bond donors (Lipinski definition) is 1. The predicted octanol–water partition coefficient (Wildman–Crippen LogP) is 3.58. The summed E-state index contributed by atoms with van der Waals surface area (Å²) in [6.45, 7) is 0. The number of carboxylic acid groups (broad SMARTS) is 1. The molecule has 2 aromatic rings. The smallest absolute Gasteiger partial charge is 0.340 e. The van der Waals surface area contributed by atoms with Gasteiger partial charge in [-0.3, -0.25) is 0 Å². The molecule has 0 aliphatic heterocycles. The number of rotatable bonds is 3. The van der Waals surface area contributed by atoms with Gasteiger partial charge in [0.1, 0.15) is 5.56 Å². The molecule has 1 aromatic carbocycles. The molecule has 0 saturated carbocycles. The van der Waals surface area contributed by atoms with Gasteiger partial charge in [-0.05, 0) is 5.56 Å². The molecule has 3 nitrogen and oxygen atoms in total. The minimum atomic E-state index is -2.95. The summed E-state index contributed by atoms with van der Waals surface area (Å²) in [7, 11) is 0. The summed E-state index contributed by atoms with van der Waals surface area (Å²) in [5, 5.41) is 8.95. The topological polar surface area (TPSA) is 50.4 Å². The summed E-state index contributed by atoms with van der Waals surface area (Å²) in [5.74, 6) is -2.23. The zero-order chi connectivity index (χ0) is 12.4. The predicted molar refractivity (Wildman–Crippen MR) is 56.1 cm³/mol. The molecule has 2 rings (SSSR count). The number of furan rings is 1. The van der Waals surface area contributed by atoms with Gasteiger partial charge in [0.15, 0.2) is 5.76 Å². The minimum absolute atomic E-state index is 0.161. The molecular weight excluding hydrogens is 230 g/mol. The molecule has 1 N–H and O–H groups in total. The van der Waals surface area contributed by atoms with Gasteiger partial charge in [-0.25, -0.2) is 13.6 Å². The highest BCUT2D eigenvalue weighted by Gasteiger charge is 2.26. The molecule has 1 heterocycles. The number of carbonyl (C=O) groups is 1. The molecule has 0 atom stereocenters. The normalized spacial score (nSPS) is 10.8. The van der Waals surface area contributed by atoms with Crippen LogP contribution >= 0.6 is 0 Å². The Morgan fingerprint density at radius 3 is 2.41 bits per heavy atom. The molecule has 0 aliphatic rings. The van der Waals surface area contributed by atoms with E-state index < -0.39 is 23.7 Å². The summed E-state index contributed by atoms with van der Waals surface area (Å²) in [6, 6.07) is 8.39. The van der Waals surface area contributed by atoms with Crippen LogP contribution in [0.3, 0.4) is 0 Å². The zero-order valence-electron chi connectivity index (χ0n) is 8.56. The lowest BCUT2D eigenvalue weighted by Gasteiger charge is -2.00. The van der Waals surface area contributed by atoms with Gasteiger partial charge in [0.2, 0.25) is 0 Å². The second-order valence-corrected chi connectivity index (χ2v) is 3.36. The van der Waals surface area contributed by atoms with Crippen LogP contribution in [0.2, 0.25) is 0 Å². The van der Waals surface area contributed by atoms with Gasteiger partial charge in [0.05, 0.1) is 6.26 Å². The largest absolute Gasteiger partial charge is 0.478 e. The van der Waals surface area contributed by atoms with E-state index in [9.17, 15) is 13.6 Å². The Morgan fingerprint density at radius 1 is 1.24 bits per heavy atom. The van der Waals surface area contributed by atoms with Crippen LogP contribution in [0, 0.1) is 0 Å².